The third-order valence-corrected chi connectivity index (χ3v) is 3.40. The molecule has 0 radical (unpaired) electrons. The molecule has 0 fully saturated rings. The first-order valence-electron chi connectivity index (χ1n) is 6.42. The lowest BCUT2D eigenvalue weighted by Gasteiger charge is -2.12. The van der Waals surface area contributed by atoms with Crippen molar-refractivity contribution in [3.63, 3.8) is 0 Å². The van der Waals surface area contributed by atoms with E-state index in [0.717, 1.165) is 5.56 Å². The number of halogens is 2. The van der Waals surface area contributed by atoms with Crippen LogP contribution in [0.25, 0.3) is 5.57 Å². The lowest BCUT2D eigenvalue weighted by atomic mass is 9.97. The van der Waals surface area contributed by atoms with Gasteiger partial charge in [0.15, 0.2) is 5.78 Å². The van der Waals surface area contributed by atoms with Crippen molar-refractivity contribution in [3.8, 4) is 0 Å². The highest BCUT2D eigenvalue weighted by molar-refractivity contribution is 6.32. The van der Waals surface area contributed by atoms with E-state index in [4.69, 9.17) is 23.2 Å². The molecular weight excluding hydrogens is 305 g/mol. The van der Waals surface area contributed by atoms with Gasteiger partial charge in [0.25, 0.3) is 0 Å². The van der Waals surface area contributed by atoms with Crippen molar-refractivity contribution in [2.24, 2.45) is 0 Å². The summed E-state index contributed by atoms with van der Waals surface area (Å²) >= 11 is 11.8. The Morgan fingerprint density at radius 2 is 1.29 bits per heavy atom. The summed E-state index contributed by atoms with van der Waals surface area (Å²) < 4.78 is 0. The summed E-state index contributed by atoms with van der Waals surface area (Å²) in [5.41, 5.74) is 2.04. The average molecular weight is 320 g/mol. The van der Waals surface area contributed by atoms with Crippen LogP contribution in [0.4, 0.5) is 0 Å². The van der Waals surface area contributed by atoms with E-state index in [9.17, 15) is 4.79 Å². The summed E-state index contributed by atoms with van der Waals surface area (Å²) in [4.78, 5) is 14.6. The minimum Gasteiger partial charge on any atom is -0.383 e. The molecule has 0 heterocycles. The fraction of sp³-hybridized carbons (Fsp3) is 0.118. The molecule has 0 spiro atoms. The van der Waals surface area contributed by atoms with E-state index in [1.807, 2.05) is 31.1 Å². The monoisotopic (exact) mass is 319 g/mol. The SMILES string of the molecule is CN(C)/C=C(/C(=O)c1ccc(Cl)cc1)c1ccc(Cl)cc1. The van der Waals surface area contributed by atoms with E-state index in [0.29, 0.717) is 21.2 Å². The molecule has 0 aliphatic carbocycles. The number of Topliss-reactive ketones (excluding diaryl/α,β-unsaturated/α-hetero) is 1. The van der Waals surface area contributed by atoms with E-state index < -0.39 is 0 Å². The first-order valence-corrected chi connectivity index (χ1v) is 7.17. The van der Waals surface area contributed by atoms with Crippen molar-refractivity contribution in [2.45, 2.75) is 0 Å². The highest BCUT2D eigenvalue weighted by Crippen LogP contribution is 2.23. The van der Waals surface area contributed by atoms with Gasteiger partial charge in [-0.15, -0.1) is 0 Å². The summed E-state index contributed by atoms with van der Waals surface area (Å²) in [5, 5.41) is 1.25. The van der Waals surface area contributed by atoms with Crippen LogP contribution in [-0.4, -0.2) is 24.8 Å². The molecule has 21 heavy (non-hydrogen) atoms. The van der Waals surface area contributed by atoms with Gasteiger partial charge in [0.05, 0.1) is 0 Å². The fourth-order valence-electron chi connectivity index (χ4n) is 1.91. The summed E-state index contributed by atoms with van der Waals surface area (Å²) in [7, 11) is 3.76. The van der Waals surface area contributed by atoms with Crippen molar-refractivity contribution in [2.75, 3.05) is 14.1 Å². The van der Waals surface area contributed by atoms with Crippen molar-refractivity contribution in [3.05, 3.63) is 75.9 Å². The van der Waals surface area contributed by atoms with Crippen LogP contribution in [0.1, 0.15) is 15.9 Å². The smallest absolute Gasteiger partial charge is 0.195 e. The van der Waals surface area contributed by atoms with Gasteiger partial charge < -0.3 is 4.90 Å². The van der Waals surface area contributed by atoms with Gasteiger partial charge >= 0.3 is 0 Å². The number of allylic oxidation sites excluding steroid dienone is 1. The summed E-state index contributed by atoms with van der Waals surface area (Å²) in [6.07, 6.45) is 1.81. The summed E-state index contributed by atoms with van der Waals surface area (Å²) in [5.74, 6) is -0.0531. The van der Waals surface area contributed by atoms with E-state index in [-0.39, 0.29) is 5.78 Å². The van der Waals surface area contributed by atoms with Crippen LogP contribution in [0.5, 0.6) is 0 Å². The Morgan fingerprint density at radius 3 is 1.71 bits per heavy atom. The van der Waals surface area contributed by atoms with Crippen LogP contribution in [0.3, 0.4) is 0 Å². The molecule has 2 rings (SSSR count). The maximum atomic E-state index is 12.7. The lowest BCUT2D eigenvalue weighted by molar-refractivity contribution is 0.105. The zero-order valence-electron chi connectivity index (χ0n) is 11.8. The topological polar surface area (TPSA) is 20.3 Å². The predicted molar refractivity (Wildman–Crippen MR) is 88.9 cm³/mol. The zero-order valence-corrected chi connectivity index (χ0v) is 13.3. The van der Waals surface area contributed by atoms with Gasteiger partial charge in [-0.1, -0.05) is 35.3 Å². The van der Waals surface area contributed by atoms with Gasteiger partial charge in [-0.2, -0.15) is 0 Å². The molecule has 2 nitrogen and oxygen atoms in total. The molecule has 0 N–H and O–H groups in total. The molecule has 0 amide bonds. The van der Waals surface area contributed by atoms with Crippen molar-refractivity contribution in [1.29, 1.82) is 0 Å². The second-order valence-corrected chi connectivity index (χ2v) is 5.72. The Kier molecular flexibility index (Phi) is 5.05. The number of carbonyl (C=O) groups excluding carboxylic acids is 1. The molecule has 2 aromatic carbocycles. The number of rotatable bonds is 4. The molecule has 0 aliphatic rings. The summed E-state index contributed by atoms with van der Waals surface area (Å²) in [6, 6.07) is 14.1. The van der Waals surface area contributed by atoms with E-state index in [2.05, 4.69) is 0 Å². The van der Waals surface area contributed by atoms with Crippen molar-refractivity contribution < 1.29 is 4.79 Å². The predicted octanol–water partition coefficient (Wildman–Crippen LogP) is 4.78. The zero-order chi connectivity index (χ0) is 15.4. The quantitative estimate of drug-likeness (QED) is 0.597. The number of benzene rings is 2. The Bertz CT molecular complexity index is 658. The van der Waals surface area contributed by atoms with Gasteiger partial charge in [0.2, 0.25) is 0 Å². The fourth-order valence-corrected chi connectivity index (χ4v) is 2.16. The molecule has 108 valence electrons. The first-order chi connectivity index (χ1) is 9.97. The van der Waals surface area contributed by atoms with Crippen LogP contribution in [0.15, 0.2) is 54.7 Å². The minimum atomic E-state index is -0.0531. The number of hydrogen-bond donors (Lipinski definition) is 0. The van der Waals surface area contributed by atoms with E-state index in [1.54, 1.807) is 42.6 Å². The maximum Gasteiger partial charge on any atom is 0.195 e. The molecule has 0 aliphatic heterocycles. The molecular formula is C17H15Cl2NO. The van der Waals surface area contributed by atoms with Gasteiger partial charge in [-0.25, -0.2) is 0 Å². The lowest BCUT2D eigenvalue weighted by Crippen LogP contribution is -2.09. The average Bonchev–Trinajstić information content (AvgIpc) is 2.46. The molecule has 0 saturated carbocycles. The Labute approximate surface area is 134 Å². The largest absolute Gasteiger partial charge is 0.383 e. The molecule has 0 aromatic heterocycles. The van der Waals surface area contributed by atoms with E-state index in [1.165, 1.54) is 0 Å². The van der Waals surface area contributed by atoms with Crippen molar-refractivity contribution >= 4 is 34.6 Å². The second-order valence-electron chi connectivity index (χ2n) is 4.85. The molecule has 4 heteroatoms. The molecule has 0 atom stereocenters. The Morgan fingerprint density at radius 1 is 0.857 bits per heavy atom. The van der Waals surface area contributed by atoms with Gasteiger partial charge in [0.1, 0.15) is 0 Å². The van der Waals surface area contributed by atoms with Crippen molar-refractivity contribution in [1.82, 2.24) is 4.90 Å². The number of ketones is 1. The molecule has 0 saturated heterocycles. The summed E-state index contributed by atoms with van der Waals surface area (Å²) in [6.45, 7) is 0. The number of nitrogens with zero attached hydrogens (tertiary/aromatic N) is 1. The highest BCUT2D eigenvalue weighted by Gasteiger charge is 2.15. The van der Waals surface area contributed by atoms with Gasteiger partial charge in [-0.3, -0.25) is 4.79 Å². The Hall–Kier alpha value is -1.77. The van der Waals surface area contributed by atoms with E-state index >= 15 is 0 Å². The molecule has 0 bridgehead atoms. The van der Waals surface area contributed by atoms with Crippen LogP contribution < -0.4 is 0 Å². The first kappa shape index (κ1) is 15.6. The third-order valence-electron chi connectivity index (χ3n) is 2.89. The van der Waals surface area contributed by atoms with Gasteiger partial charge in [0, 0.05) is 41.5 Å². The minimum absolute atomic E-state index is 0.0531. The van der Waals surface area contributed by atoms with Gasteiger partial charge in [-0.05, 0) is 42.0 Å². The van der Waals surface area contributed by atoms with Crippen LogP contribution in [-0.2, 0) is 0 Å². The van der Waals surface area contributed by atoms with Crippen LogP contribution in [0, 0.1) is 0 Å². The third kappa shape index (κ3) is 4.10. The number of hydrogen-bond acceptors (Lipinski definition) is 2. The molecule has 0 unspecified atom stereocenters. The standard InChI is InChI=1S/C17H15Cl2NO/c1-20(2)11-16(12-3-7-14(18)8-4-12)17(21)13-5-9-15(19)10-6-13/h3-11H,1-2H3/b16-11+. The highest BCUT2D eigenvalue weighted by atomic mass is 35.5. The maximum absolute atomic E-state index is 12.7. The Balaban J connectivity index is 2.43. The normalized spacial score (nSPS) is 11.3. The van der Waals surface area contributed by atoms with Crippen LogP contribution >= 0.6 is 23.2 Å². The molecule has 2 aromatic rings. The number of carbonyl (C=O) groups is 1. The van der Waals surface area contributed by atoms with Crippen LogP contribution in [0.2, 0.25) is 10.0 Å². The second kappa shape index (κ2) is 6.79.